The van der Waals surface area contributed by atoms with Gasteiger partial charge in [-0.3, -0.25) is 10.1 Å². The third-order valence-electron chi connectivity index (χ3n) is 3.35. The molecule has 1 aliphatic rings. The highest BCUT2D eigenvalue weighted by Crippen LogP contribution is 2.25. The number of hydrogen-bond donors (Lipinski definition) is 2. The summed E-state index contributed by atoms with van der Waals surface area (Å²) in [5, 5.41) is 5.14. The predicted molar refractivity (Wildman–Crippen MR) is 84.1 cm³/mol. The molecule has 8 heteroatoms. The third-order valence-corrected chi connectivity index (χ3v) is 3.95. The molecule has 1 fully saturated rings. The maximum Gasteiger partial charge on any atom is 0.262 e. The summed E-state index contributed by atoms with van der Waals surface area (Å²) in [5.41, 5.74) is 1.59. The molecule has 0 bridgehead atoms. The summed E-state index contributed by atoms with van der Waals surface area (Å²) in [6, 6.07) is 3.50. The smallest absolute Gasteiger partial charge is 0.262 e. The summed E-state index contributed by atoms with van der Waals surface area (Å²) >= 11 is 1.55. The van der Waals surface area contributed by atoms with E-state index in [1.807, 2.05) is 6.26 Å². The van der Waals surface area contributed by atoms with E-state index in [-0.39, 0.29) is 24.8 Å². The summed E-state index contributed by atoms with van der Waals surface area (Å²) in [7, 11) is 0. The maximum absolute atomic E-state index is 13.2. The number of amides is 1. The molecule has 0 spiro atoms. The summed E-state index contributed by atoms with van der Waals surface area (Å²) in [6.07, 6.45) is 1.41. The molecule has 1 aliphatic heterocycles. The lowest BCUT2D eigenvalue weighted by Crippen LogP contribution is -2.40. The molecule has 3 nitrogen and oxygen atoms in total. The molecule has 0 aliphatic carbocycles. The van der Waals surface area contributed by atoms with Gasteiger partial charge in [0.15, 0.2) is 0 Å². The average molecular weight is 355 g/mol. The monoisotopic (exact) mass is 354 g/mol. The van der Waals surface area contributed by atoms with Crippen LogP contribution < -0.4 is 10.6 Å². The lowest BCUT2D eigenvalue weighted by atomic mass is 10.1. The SMILES string of the molecule is CSCc1cc(F)ccc1CNC(=O)C1CC(F)(F)CN1.Cl. The number of hydrogen-bond acceptors (Lipinski definition) is 3. The van der Waals surface area contributed by atoms with E-state index in [2.05, 4.69) is 10.6 Å². The van der Waals surface area contributed by atoms with Crippen molar-refractivity contribution >= 4 is 30.1 Å². The highest BCUT2D eigenvalue weighted by Gasteiger charge is 2.42. The molecule has 0 saturated carbocycles. The molecule has 1 unspecified atom stereocenters. The summed E-state index contributed by atoms with van der Waals surface area (Å²) in [5.74, 6) is -2.98. The van der Waals surface area contributed by atoms with Crippen molar-refractivity contribution in [2.75, 3.05) is 12.8 Å². The van der Waals surface area contributed by atoms with Gasteiger partial charge in [-0.05, 0) is 29.5 Å². The van der Waals surface area contributed by atoms with Gasteiger partial charge in [-0.1, -0.05) is 6.07 Å². The summed E-state index contributed by atoms with van der Waals surface area (Å²) < 4.78 is 39.3. The molecule has 1 amide bonds. The normalized spacial score (nSPS) is 19.5. The molecular formula is C14H18ClF3N2OS. The molecule has 1 atom stereocenters. The number of rotatable bonds is 5. The van der Waals surface area contributed by atoms with Gasteiger partial charge in [-0.25, -0.2) is 13.2 Å². The van der Waals surface area contributed by atoms with Gasteiger partial charge in [-0.2, -0.15) is 11.8 Å². The summed E-state index contributed by atoms with van der Waals surface area (Å²) in [6.45, 7) is -0.266. The van der Waals surface area contributed by atoms with Crippen LogP contribution in [-0.4, -0.2) is 30.7 Å². The first-order chi connectivity index (χ1) is 9.91. The van der Waals surface area contributed by atoms with Crippen molar-refractivity contribution in [2.24, 2.45) is 0 Å². The van der Waals surface area contributed by atoms with Crippen molar-refractivity contribution in [1.29, 1.82) is 0 Å². The van der Waals surface area contributed by atoms with Crippen molar-refractivity contribution in [3.8, 4) is 0 Å². The molecule has 2 N–H and O–H groups in total. The van der Waals surface area contributed by atoms with Gasteiger partial charge in [0.25, 0.3) is 5.92 Å². The van der Waals surface area contributed by atoms with Crippen LogP contribution >= 0.6 is 24.2 Å². The highest BCUT2D eigenvalue weighted by molar-refractivity contribution is 7.97. The van der Waals surface area contributed by atoms with Gasteiger partial charge < -0.3 is 5.32 Å². The van der Waals surface area contributed by atoms with Gasteiger partial charge in [0, 0.05) is 18.7 Å². The fraction of sp³-hybridized carbons (Fsp3) is 0.500. The Labute approximate surface area is 137 Å². The molecule has 0 aromatic heterocycles. The zero-order chi connectivity index (χ0) is 15.5. The largest absolute Gasteiger partial charge is 0.351 e. The molecule has 1 saturated heterocycles. The van der Waals surface area contributed by atoms with Crippen LogP contribution in [0.4, 0.5) is 13.2 Å². The van der Waals surface area contributed by atoms with Crippen molar-refractivity contribution in [1.82, 2.24) is 10.6 Å². The number of nitrogens with one attached hydrogen (secondary N) is 2. The molecule has 1 heterocycles. The van der Waals surface area contributed by atoms with Gasteiger partial charge in [0.1, 0.15) is 5.82 Å². The van der Waals surface area contributed by atoms with Crippen molar-refractivity contribution in [3.05, 3.63) is 35.1 Å². The van der Waals surface area contributed by atoms with E-state index in [1.54, 1.807) is 17.8 Å². The Kier molecular flexibility index (Phi) is 7.02. The Morgan fingerprint density at radius 3 is 2.77 bits per heavy atom. The lowest BCUT2D eigenvalue weighted by molar-refractivity contribution is -0.123. The third kappa shape index (κ3) is 5.07. The van der Waals surface area contributed by atoms with E-state index < -0.39 is 30.8 Å². The van der Waals surface area contributed by atoms with Crippen LogP contribution in [0, 0.1) is 5.82 Å². The lowest BCUT2D eigenvalue weighted by Gasteiger charge is -2.13. The van der Waals surface area contributed by atoms with Crippen LogP contribution in [0.25, 0.3) is 0 Å². The van der Waals surface area contributed by atoms with Crippen LogP contribution in [0.15, 0.2) is 18.2 Å². The zero-order valence-electron chi connectivity index (χ0n) is 12.0. The van der Waals surface area contributed by atoms with Gasteiger partial charge in [0.05, 0.1) is 12.6 Å². The average Bonchev–Trinajstić information content (AvgIpc) is 2.78. The Morgan fingerprint density at radius 1 is 1.45 bits per heavy atom. The molecular weight excluding hydrogens is 337 g/mol. The Bertz CT molecular complexity index is 531. The van der Waals surface area contributed by atoms with Gasteiger partial charge in [-0.15, -0.1) is 12.4 Å². The Balaban J connectivity index is 0.00000242. The summed E-state index contributed by atoms with van der Waals surface area (Å²) in [4.78, 5) is 11.9. The number of thioether (sulfide) groups is 1. The quantitative estimate of drug-likeness (QED) is 0.854. The molecule has 2 rings (SSSR count). The Hall–Kier alpha value is -0.920. The number of carbonyl (C=O) groups excluding carboxylic acids is 1. The zero-order valence-corrected chi connectivity index (χ0v) is 13.6. The van der Waals surface area contributed by atoms with Crippen molar-refractivity contribution in [3.63, 3.8) is 0 Å². The fourth-order valence-corrected chi connectivity index (χ4v) is 2.84. The first-order valence-corrected chi connectivity index (χ1v) is 7.96. The highest BCUT2D eigenvalue weighted by atomic mass is 35.5. The van der Waals surface area contributed by atoms with Gasteiger partial charge in [0.2, 0.25) is 5.91 Å². The van der Waals surface area contributed by atoms with E-state index in [0.717, 1.165) is 11.1 Å². The Morgan fingerprint density at radius 2 is 2.18 bits per heavy atom. The second-order valence-corrected chi connectivity index (χ2v) is 5.92. The topological polar surface area (TPSA) is 41.1 Å². The molecule has 1 aromatic carbocycles. The molecule has 0 radical (unpaired) electrons. The number of carbonyl (C=O) groups is 1. The number of halogens is 4. The van der Waals surface area contributed by atoms with E-state index in [0.29, 0.717) is 5.75 Å². The van der Waals surface area contributed by atoms with Gasteiger partial charge >= 0.3 is 0 Å². The molecule has 124 valence electrons. The number of alkyl halides is 2. The minimum absolute atomic E-state index is 0. The standard InChI is InChI=1S/C14H17F3N2OS.ClH/c1-21-7-10-4-11(15)3-2-9(10)6-18-13(20)12-5-14(16,17)8-19-12;/h2-4,12,19H,5-8H2,1H3,(H,18,20);1H. The predicted octanol–water partition coefficient (Wildman–Crippen LogP) is 2.72. The fourth-order valence-electron chi connectivity index (χ4n) is 2.26. The van der Waals surface area contributed by atoms with Crippen molar-refractivity contribution < 1.29 is 18.0 Å². The number of benzene rings is 1. The van der Waals surface area contributed by atoms with Crippen LogP contribution in [0.1, 0.15) is 17.5 Å². The van der Waals surface area contributed by atoms with Crippen LogP contribution in [0.3, 0.4) is 0 Å². The van der Waals surface area contributed by atoms with E-state index >= 15 is 0 Å². The van der Waals surface area contributed by atoms with Crippen LogP contribution in [-0.2, 0) is 17.1 Å². The van der Waals surface area contributed by atoms with E-state index in [1.165, 1.54) is 12.1 Å². The van der Waals surface area contributed by atoms with Crippen LogP contribution in [0.5, 0.6) is 0 Å². The minimum atomic E-state index is -2.83. The second kappa shape index (κ2) is 8.08. The van der Waals surface area contributed by atoms with E-state index in [9.17, 15) is 18.0 Å². The van der Waals surface area contributed by atoms with E-state index in [4.69, 9.17) is 0 Å². The molecule has 22 heavy (non-hydrogen) atoms. The minimum Gasteiger partial charge on any atom is -0.351 e. The van der Waals surface area contributed by atoms with Crippen molar-refractivity contribution in [2.45, 2.75) is 30.7 Å². The van der Waals surface area contributed by atoms with Crippen LogP contribution in [0.2, 0.25) is 0 Å². The first kappa shape index (κ1) is 19.1. The maximum atomic E-state index is 13.2. The second-order valence-electron chi connectivity index (χ2n) is 5.06. The molecule has 1 aromatic rings. The first-order valence-electron chi connectivity index (χ1n) is 6.56.